The monoisotopic (exact) mass is 238 g/mol. The standard InChI is InChI=1S/C13H15FO3/c1-9(15)11-4-5-13(12(14)6-11)17-8-16-7-10-2-3-10/h4-6,10H,2-3,7-8H2,1H3. The summed E-state index contributed by atoms with van der Waals surface area (Å²) in [6.07, 6.45) is 2.42. The van der Waals surface area contributed by atoms with Crippen LogP contribution in [0.1, 0.15) is 30.1 Å². The highest BCUT2D eigenvalue weighted by molar-refractivity contribution is 5.94. The van der Waals surface area contributed by atoms with E-state index in [-0.39, 0.29) is 18.3 Å². The third-order valence-corrected chi connectivity index (χ3v) is 2.69. The van der Waals surface area contributed by atoms with Gasteiger partial charge in [0.15, 0.2) is 24.1 Å². The molecule has 0 saturated heterocycles. The van der Waals surface area contributed by atoms with E-state index in [9.17, 15) is 9.18 Å². The molecule has 1 aromatic carbocycles. The van der Waals surface area contributed by atoms with Crippen LogP contribution in [0.5, 0.6) is 5.75 Å². The van der Waals surface area contributed by atoms with Crippen LogP contribution in [-0.4, -0.2) is 19.2 Å². The largest absolute Gasteiger partial charge is 0.464 e. The molecule has 1 aliphatic rings. The van der Waals surface area contributed by atoms with Crippen LogP contribution in [-0.2, 0) is 4.74 Å². The van der Waals surface area contributed by atoms with Crippen molar-refractivity contribution in [3.05, 3.63) is 29.6 Å². The van der Waals surface area contributed by atoms with E-state index < -0.39 is 5.82 Å². The first-order valence-electron chi connectivity index (χ1n) is 5.68. The molecule has 0 radical (unpaired) electrons. The fourth-order valence-electron chi connectivity index (χ4n) is 1.44. The number of carbonyl (C=O) groups is 1. The first-order chi connectivity index (χ1) is 8.16. The molecule has 1 aromatic rings. The van der Waals surface area contributed by atoms with Crippen molar-refractivity contribution in [2.24, 2.45) is 5.92 Å². The predicted molar refractivity (Wildman–Crippen MR) is 60.6 cm³/mol. The number of halogens is 1. The van der Waals surface area contributed by atoms with Crippen molar-refractivity contribution in [2.45, 2.75) is 19.8 Å². The summed E-state index contributed by atoms with van der Waals surface area (Å²) in [4.78, 5) is 11.0. The Labute approximate surface area is 99.5 Å². The van der Waals surface area contributed by atoms with Gasteiger partial charge < -0.3 is 9.47 Å². The third-order valence-electron chi connectivity index (χ3n) is 2.69. The molecule has 0 bridgehead atoms. The van der Waals surface area contributed by atoms with Crippen molar-refractivity contribution < 1.29 is 18.7 Å². The lowest BCUT2D eigenvalue weighted by atomic mass is 10.1. The van der Waals surface area contributed by atoms with E-state index in [1.54, 1.807) is 6.07 Å². The van der Waals surface area contributed by atoms with Gasteiger partial charge in [-0.2, -0.15) is 0 Å². The van der Waals surface area contributed by atoms with E-state index in [1.807, 2.05) is 0 Å². The molecule has 0 heterocycles. The summed E-state index contributed by atoms with van der Waals surface area (Å²) >= 11 is 0. The Balaban J connectivity index is 1.84. The van der Waals surface area contributed by atoms with Gasteiger partial charge in [0.05, 0.1) is 6.61 Å². The molecule has 0 aliphatic heterocycles. The highest BCUT2D eigenvalue weighted by atomic mass is 19.1. The summed E-state index contributed by atoms with van der Waals surface area (Å²) in [6.45, 7) is 2.12. The minimum atomic E-state index is -0.535. The van der Waals surface area contributed by atoms with Crippen molar-refractivity contribution in [3.8, 4) is 5.75 Å². The summed E-state index contributed by atoms with van der Waals surface area (Å²) in [5, 5.41) is 0. The van der Waals surface area contributed by atoms with Crippen LogP contribution < -0.4 is 4.74 Å². The molecule has 0 unspecified atom stereocenters. The maximum Gasteiger partial charge on any atom is 0.189 e. The molecule has 1 aliphatic carbocycles. The van der Waals surface area contributed by atoms with Crippen LogP contribution >= 0.6 is 0 Å². The van der Waals surface area contributed by atoms with Crippen molar-refractivity contribution in [1.82, 2.24) is 0 Å². The van der Waals surface area contributed by atoms with Crippen molar-refractivity contribution in [2.75, 3.05) is 13.4 Å². The first-order valence-corrected chi connectivity index (χ1v) is 5.68. The minimum absolute atomic E-state index is 0.0485. The molecule has 2 rings (SSSR count). The highest BCUT2D eigenvalue weighted by Crippen LogP contribution is 2.28. The van der Waals surface area contributed by atoms with Crippen molar-refractivity contribution in [1.29, 1.82) is 0 Å². The molecule has 3 nitrogen and oxygen atoms in total. The van der Waals surface area contributed by atoms with Gasteiger partial charge in [-0.1, -0.05) is 0 Å². The van der Waals surface area contributed by atoms with Crippen molar-refractivity contribution in [3.63, 3.8) is 0 Å². The topological polar surface area (TPSA) is 35.5 Å². The molecule has 0 N–H and O–H groups in total. The van der Waals surface area contributed by atoms with Gasteiger partial charge in [-0.3, -0.25) is 4.79 Å². The molecule has 17 heavy (non-hydrogen) atoms. The van der Waals surface area contributed by atoms with Crippen LogP contribution in [0.4, 0.5) is 4.39 Å². The van der Waals surface area contributed by atoms with E-state index in [2.05, 4.69) is 0 Å². The smallest absolute Gasteiger partial charge is 0.189 e. The number of rotatable bonds is 6. The Morgan fingerprint density at radius 3 is 2.82 bits per heavy atom. The van der Waals surface area contributed by atoms with Gasteiger partial charge in [0.1, 0.15) is 0 Å². The summed E-state index contributed by atoms with van der Waals surface area (Å²) in [6, 6.07) is 4.17. The Morgan fingerprint density at radius 1 is 1.47 bits per heavy atom. The molecular weight excluding hydrogens is 223 g/mol. The fraction of sp³-hybridized carbons (Fsp3) is 0.462. The zero-order chi connectivity index (χ0) is 12.3. The molecule has 0 atom stereocenters. The summed E-state index contributed by atoms with van der Waals surface area (Å²) < 4.78 is 23.9. The predicted octanol–water partition coefficient (Wildman–Crippen LogP) is 2.79. The summed E-state index contributed by atoms with van der Waals surface area (Å²) in [7, 11) is 0. The molecule has 0 amide bonds. The Kier molecular flexibility index (Phi) is 3.74. The van der Waals surface area contributed by atoms with Gasteiger partial charge in [-0.05, 0) is 43.9 Å². The van der Waals surface area contributed by atoms with Gasteiger partial charge in [0, 0.05) is 5.56 Å². The second-order valence-electron chi connectivity index (χ2n) is 4.28. The van der Waals surface area contributed by atoms with Crippen LogP contribution in [0.25, 0.3) is 0 Å². The van der Waals surface area contributed by atoms with Crippen LogP contribution in [0, 0.1) is 11.7 Å². The van der Waals surface area contributed by atoms with Gasteiger partial charge in [0.25, 0.3) is 0 Å². The average Bonchev–Trinajstić information content (AvgIpc) is 3.09. The van der Waals surface area contributed by atoms with Crippen LogP contribution in [0.3, 0.4) is 0 Å². The van der Waals surface area contributed by atoms with Crippen LogP contribution in [0.15, 0.2) is 18.2 Å². The first kappa shape index (κ1) is 12.0. The average molecular weight is 238 g/mol. The van der Waals surface area contributed by atoms with E-state index in [0.29, 0.717) is 18.1 Å². The lowest BCUT2D eigenvalue weighted by Gasteiger charge is -2.08. The number of benzene rings is 1. The van der Waals surface area contributed by atoms with Gasteiger partial charge >= 0.3 is 0 Å². The molecule has 1 fully saturated rings. The molecule has 1 saturated carbocycles. The van der Waals surface area contributed by atoms with Gasteiger partial charge in [-0.15, -0.1) is 0 Å². The lowest BCUT2D eigenvalue weighted by Crippen LogP contribution is -2.06. The molecule has 4 heteroatoms. The zero-order valence-corrected chi connectivity index (χ0v) is 9.74. The second-order valence-corrected chi connectivity index (χ2v) is 4.28. The minimum Gasteiger partial charge on any atom is -0.464 e. The normalized spacial score (nSPS) is 14.7. The quantitative estimate of drug-likeness (QED) is 0.434. The summed E-state index contributed by atoms with van der Waals surface area (Å²) in [5.41, 5.74) is 0.341. The zero-order valence-electron chi connectivity index (χ0n) is 9.74. The SMILES string of the molecule is CC(=O)c1ccc(OCOCC2CC2)c(F)c1. The van der Waals surface area contributed by atoms with Gasteiger partial charge in [0.2, 0.25) is 0 Å². The van der Waals surface area contributed by atoms with E-state index in [0.717, 1.165) is 0 Å². The van der Waals surface area contributed by atoms with Crippen molar-refractivity contribution >= 4 is 5.78 Å². The molecular formula is C13H15FO3. The Hall–Kier alpha value is -1.42. The Morgan fingerprint density at radius 2 is 2.24 bits per heavy atom. The van der Waals surface area contributed by atoms with Gasteiger partial charge in [-0.25, -0.2) is 4.39 Å². The van der Waals surface area contributed by atoms with E-state index >= 15 is 0 Å². The number of ketones is 1. The molecule has 92 valence electrons. The van der Waals surface area contributed by atoms with Crippen LogP contribution in [0.2, 0.25) is 0 Å². The number of Topliss-reactive ketones (excluding diaryl/α,β-unsaturated/α-hetero) is 1. The Bertz CT molecular complexity index is 413. The maximum atomic E-state index is 13.5. The number of ether oxygens (including phenoxy) is 2. The number of carbonyl (C=O) groups excluding carboxylic acids is 1. The summed E-state index contributed by atoms with van der Waals surface area (Å²) in [5.74, 6) is 0.0717. The number of hydrogen-bond acceptors (Lipinski definition) is 3. The number of hydrogen-bond donors (Lipinski definition) is 0. The fourth-order valence-corrected chi connectivity index (χ4v) is 1.44. The second kappa shape index (κ2) is 5.27. The van der Waals surface area contributed by atoms with E-state index in [1.165, 1.54) is 31.9 Å². The highest BCUT2D eigenvalue weighted by Gasteiger charge is 2.21. The molecule has 0 spiro atoms. The van der Waals surface area contributed by atoms with E-state index in [4.69, 9.17) is 9.47 Å². The maximum absolute atomic E-state index is 13.5. The third kappa shape index (κ3) is 3.53. The lowest BCUT2D eigenvalue weighted by molar-refractivity contribution is 0.00792. The molecule has 0 aromatic heterocycles.